The fourth-order valence-corrected chi connectivity index (χ4v) is 1.11. The van der Waals surface area contributed by atoms with Gasteiger partial charge in [0.2, 0.25) is 0 Å². The van der Waals surface area contributed by atoms with Gasteiger partial charge in [0.25, 0.3) is 0 Å². The standard InChI is InChI=1S/C9H18N4O/c1-8(2)12(3)4-5-13-7-10-11-9(13)6-14/h7-8,14H,4-6H2,1-3H3. The fraction of sp³-hybridized carbons (Fsp3) is 0.778. The Morgan fingerprint density at radius 2 is 2.29 bits per heavy atom. The van der Waals surface area contributed by atoms with Crippen molar-refractivity contribution in [2.24, 2.45) is 0 Å². The highest BCUT2D eigenvalue weighted by atomic mass is 16.3. The summed E-state index contributed by atoms with van der Waals surface area (Å²) >= 11 is 0. The normalized spacial score (nSPS) is 11.6. The van der Waals surface area contributed by atoms with Crippen LogP contribution in [0.2, 0.25) is 0 Å². The van der Waals surface area contributed by atoms with Gasteiger partial charge in [-0.15, -0.1) is 10.2 Å². The Hall–Kier alpha value is -0.940. The molecule has 5 heteroatoms. The van der Waals surface area contributed by atoms with E-state index in [0.717, 1.165) is 13.1 Å². The first-order valence-corrected chi connectivity index (χ1v) is 4.83. The largest absolute Gasteiger partial charge is 0.388 e. The Morgan fingerprint density at radius 1 is 1.57 bits per heavy atom. The molecular weight excluding hydrogens is 180 g/mol. The molecule has 0 aliphatic heterocycles. The maximum absolute atomic E-state index is 8.94. The minimum atomic E-state index is -0.0502. The number of nitrogens with zero attached hydrogens (tertiary/aromatic N) is 4. The lowest BCUT2D eigenvalue weighted by Gasteiger charge is -2.21. The molecule has 0 atom stereocenters. The molecule has 1 heterocycles. The van der Waals surface area contributed by atoms with E-state index in [1.54, 1.807) is 6.33 Å². The lowest BCUT2D eigenvalue weighted by Crippen LogP contribution is -2.30. The molecule has 1 aromatic rings. The Morgan fingerprint density at radius 3 is 2.86 bits per heavy atom. The minimum absolute atomic E-state index is 0.0502. The predicted octanol–water partition coefficient (Wildman–Crippen LogP) is 0.111. The molecule has 0 fully saturated rings. The third kappa shape index (κ3) is 2.78. The molecule has 1 N–H and O–H groups in total. The summed E-state index contributed by atoms with van der Waals surface area (Å²) < 4.78 is 1.87. The van der Waals surface area contributed by atoms with Crippen molar-refractivity contribution in [1.29, 1.82) is 0 Å². The summed E-state index contributed by atoms with van der Waals surface area (Å²) in [6, 6.07) is 0.532. The second-order valence-electron chi connectivity index (χ2n) is 3.67. The zero-order valence-electron chi connectivity index (χ0n) is 9.01. The Labute approximate surface area is 84.4 Å². The Balaban J connectivity index is 2.45. The van der Waals surface area contributed by atoms with Gasteiger partial charge in [-0.25, -0.2) is 0 Å². The molecule has 5 nitrogen and oxygen atoms in total. The van der Waals surface area contributed by atoms with Crippen LogP contribution in [0.1, 0.15) is 19.7 Å². The second-order valence-corrected chi connectivity index (χ2v) is 3.67. The van der Waals surface area contributed by atoms with Gasteiger partial charge >= 0.3 is 0 Å². The van der Waals surface area contributed by atoms with E-state index in [9.17, 15) is 0 Å². The average Bonchev–Trinajstić information content (AvgIpc) is 2.60. The molecule has 14 heavy (non-hydrogen) atoms. The third-order valence-electron chi connectivity index (χ3n) is 2.41. The van der Waals surface area contributed by atoms with Gasteiger partial charge in [-0.3, -0.25) is 0 Å². The molecule has 1 rings (SSSR count). The average molecular weight is 198 g/mol. The van der Waals surface area contributed by atoms with Crippen molar-refractivity contribution < 1.29 is 5.11 Å². The highest BCUT2D eigenvalue weighted by Gasteiger charge is 2.05. The fourth-order valence-electron chi connectivity index (χ4n) is 1.11. The monoisotopic (exact) mass is 198 g/mol. The van der Waals surface area contributed by atoms with Crippen LogP contribution < -0.4 is 0 Å². The van der Waals surface area contributed by atoms with Crippen LogP contribution in [-0.2, 0) is 13.2 Å². The maximum atomic E-state index is 8.94. The van der Waals surface area contributed by atoms with E-state index < -0.39 is 0 Å². The van der Waals surface area contributed by atoms with Crippen LogP contribution in [-0.4, -0.2) is 44.4 Å². The smallest absolute Gasteiger partial charge is 0.158 e. The first kappa shape index (κ1) is 11.1. The number of likely N-dealkylation sites (N-methyl/N-ethyl adjacent to an activating group) is 1. The zero-order chi connectivity index (χ0) is 10.6. The predicted molar refractivity (Wildman–Crippen MR) is 53.7 cm³/mol. The quantitative estimate of drug-likeness (QED) is 0.729. The summed E-state index contributed by atoms with van der Waals surface area (Å²) in [5.74, 6) is 0.627. The topological polar surface area (TPSA) is 54.2 Å². The Bertz CT molecular complexity index is 272. The van der Waals surface area contributed by atoms with Crippen molar-refractivity contribution in [3.05, 3.63) is 12.2 Å². The lowest BCUT2D eigenvalue weighted by atomic mass is 10.3. The number of hydrogen-bond acceptors (Lipinski definition) is 4. The van der Waals surface area contributed by atoms with Crippen LogP contribution in [0.15, 0.2) is 6.33 Å². The van der Waals surface area contributed by atoms with Crippen molar-refractivity contribution in [2.75, 3.05) is 13.6 Å². The van der Waals surface area contributed by atoms with E-state index in [0.29, 0.717) is 11.9 Å². The van der Waals surface area contributed by atoms with E-state index in [1.165, 1.54) is 0 Å². The van der Waals surface area contributed by atoms with Gasteiger partial charge in [-0.2, -0.15) is 0 Å². The summed E-state index contributed by atoms with van der Waals surface area (Å²) in [7, 11) is 2.08. The summed E-state index contributed by atoms with van der Waals surface area (Å²) in [5.41, 5.74) is 0. The van der Waals surface area contributed by atoms with Gasteiger partial charge in [-0.05, 0) is 20.9 Å². The minimum Gasteiger partial charge on any atom is -0.388 e. The number of aromatic nitrogens is 3. The first-order chi connectivity index (χ1) is 6.65. The van der Waals surface area contributed by atoms with E-state index in [4.69, 9.17) is 5.11 Å². The van der Waals surface area contributed by atoms with Crippen LogP contribution in [0.25, 0.3) is 0 Å². The van der Waals surface area contributed by atoms with E-state index in [1.807, 2.05) is 4.57 Å². The van der Waals surface area contributed by atoms with E-state index in [-0.39, 0.29) is 6.61 Å². The molecule has 0 amide bonds. The molecule has 0 aliphatic carbocycles. The molecule has 0 unspecified atom stereocenters. The highest BCUT2D eigenvalue weighted by Crippen LogP contribution is 1.98. The summed E-state index contributed by atoms with van der Waals surface area (Å²) in [4.78, 5) is 2.24. The number of aliphatic hydroxyl groups is 1. The molecule has 0 aliphatic rings. The number of hydrogen-bond donors (Lipinski definition) is 1. The molecule has 0 radical (unpaired) electrons. The van der Waals surface area contributed by atoms with Gasteiger partial charge in [0.15, 0.2) is 5.82 Å². The second kappa shape index (κ2) is 5.07. The zero-order valence-corrected chi connectivity index (χ0v) is 9.01. The van der Waals surface area contributed by atoms with Crippen molar-refractivity contribution in [3.63, 3.8) is 0 Å². The number of rotatable bonds is 5. The van der Waals surface area contributed by atoms with Crippen molar-refractivity contribution >= 4 is 0 Å². The first-order valence-electron chi connectivity index (χ1n) is 4.83. The van der Waals surface area contributed by atoms with Crippen LogP contribution >= 0.6 is 0 Å². The molecule has 0 spiro atoms. The molecule has 80 valence electrons. The molecule has 0 saturated heterocycles. The van der Waals surface area contributed by atoms with Crippen LogP contribution in [0.3, 0.4) is 0 Å². The maximum Gasteiger partial charge on any atom is 0.158 e. The SMILES string of the molecule is CC(C)N(C)CCn1cnnc1CO. The molecule has 0 saturated carbocycles. The van der Waals surface area contributed by atoms with Gasteiger partial charge in [0, 0.05) is 19.1 Å². The van der Waals surface area contributed by atoms with E-state index in [2.05, 4.69) is 36.0 Å². The summed E-state index contributed by atoms with van der Waals surface area (Å²) in [5, 5.41) is 16.5. The lowest BCUT2D eigenvalue weighted by molar-refractivity contribution is 0.245. The van der Waals surface area contributed by atoms with Crippen molar-refractivity contribution in [1.82, 2.24) is 19.7 Å². The van der Waals surface area contributed by atoms with Crippen LogP contribution in [0.5, 0.6) is 0 Å². The van der Waals surface area contributed by atoms with Crippen molar-refractivity contribution in [3.8, 4) is 0 Å². The molecular formula is C9H18N4O. The van der Waals surface area contributed by atoms with Gasteiger partial charge < -0.3 is 14.6 Å². The Kier molecular flexibility index (Phi) is 4.03. The van der Waals surface area contributed by atoms with Crippen molar-refractivity contribution in [2.45, 2.75) is 33.0 Å². The molecule has 1 aromatic heterocycles. The molecule has 0 aromatic carbocycles. The molecule has 0 bridgehead atoms. The van der Waals surface area contributed by atoms with Gasteiger partial charge in [-0.1, -0.05) is 0 Å². The van der Waals surface area contributed by atoms with Gasteiger partial charge in [0.05, 0.1) is 0 Å². The van der Waals surface area contributed by atoms with Crippen LogP contribution in [0, 0.1) is 0 Å². The van der Waals surface area contributed by atoms with Crippen LogP contribution in [0.4, 0.5) is 0 Å². The number of aliphatic hydroxyl groups excluding tert-OH is 1. The van der Waals surface area contributed by atoms with Gasteiger partial charge in [0.1, 0.15) is 12.9 Å². The summed E-state index contributed by atoms with van der Waals surface area (Å²) in [6.45, 7) is 6.00. The summed E-state index contributed by atoms with van der Waals surface area (Å²) in [6.07, 6.45) is 1.65. The van der Waals surface area contributed by atoms with E-state index >= 15 is 0 Å². The third-order valence-corrected chi connectivity index (χ3v) is 2.41. The highest BCUT2D eigenvalue weighted by molar-refractivity contribution is 4.82.